The van der Waals surface area contributed by atoms with E-state index in [1.165, 1.54) is 0 Å². The van der Waals surface area contributed by atoms with E-state index in [-0.39, 0.29) is 22.2 Å². The van der Waals surface area contributed by atoms with Crippen molar-refractivity contribution >= 4 is 21.9 Å². The van der Waals surface area contributed by atoms with E-state index in [1.54, 1.807) is 6.07 Å². The molecule has 90 valence electrons. The number of aliphatic carboxylic acids is 1. The quantitative estimate of drug-likeness (QED) is 0.867. The first kappa shape index (κ1) is 13.5. The minimum absolute atomic E-state index is 0.0256. The van der Waals surface area contributed by atoms with Crippen LogP contribution in [0.15, 0.2) is 6.20 Å². The van der Waals surface area contributed by atoms with Gasteiger partial charge in [-0.3, -0.25) is 9.78 Å². The average molecular weight is 305 g/mol. The van der Waals surface area contributed by atoms with Crippen LogP contribution in [0.2, 0.25) is 0 Å². The van der Waals surface area contributed by atoms with Gasteiger partial charge >= 0.3 is 5.97 Å². The van der Waals surface area contributed by atoms with Gasteiger partial charge in [0.1, 0.15) is 6.07 Å². The van der Waals surface area contributed by atoms with Gasteiger partial charge in [0.25, 0.3) is 6.43 Å². The molecule has 0 spiro atoms. The number of carbonyl (C=O) groups is 1. The number of nitrogens with zero attached hydrogens (tertiary/aromatic N) is 2. The monoisotopic (exact) mass is 304 g/mol. The summed E-state index contributed by atoms with van der Waals surface area (Å²) in [6.45, 7) is 0. The van der Waals surface area contributed by atoms with Crippen molar-refractivity contribution in [3.8, 4) is 6.07 Å². The predicted molar refractivity (Wildman–Crippen MR) is 57.9 cm³/mol. The van der Waals surface area contributed by atoms with Crippen LogP contribution in [0.25, 0.3) is 0 Å². The van der Waals surface area contributed by atoms with Gasteiger partial charge in [-0.15, -0.1) is 0 Å². The zero-order valence-electron chi connectivity index (χ0n) is 8.45. The first-order chi connectivity index (χ1) is 8.01. The van der Waals surface area contributed by atoms with E-state index in [2.05, 4.69) is 20.9 Å². The minimum Gasteiger partial charge on any atom is -0.481 e. The van der Waals surface area contributed by atoms with Crippen molar-refractivity contribution in [2.24, 2.45) is 0 Å². The summed E-state index contributed by atoms with van der Waals surface area (Å²) in [5.74, 6) is -1.16. The maximum atomic E-state index is 12.8. The lowest BCUT2D eigenvalue weighted by molar-refractivity contribution is -0.136. The van der Waals surface area contributed by atoms with Crippen molar-refractivity contribution in [1.82, 2.24) is 4.98 Å². The lowest BCUT2D eigenvalue weighted by Gasteiger charge is -2.11. The molecule has 0 aliphatic carbocycles. The van der Waals surface area contributed by atoms with Crippen LogP contribution in [0.3, 0.4) is 0 Å². The molecule has 0 saturated carbocycles. The number of nitriles is 1. The molecule has 1 rings (SSSR count). The van der Waals surface area contributed by atoms with E-state index in [0.717, 1.165) is 6.20 Å². The number of carboxylic acids is 1. The Balaban J connectivity index is 3.42. The molecule has 4 nitrogen and oxygen atoms in total. The standard InChI is InChI=1S/C10H7BrF2N2O2/c11-2-6-7(1-8(16)17)15-4-5(3-14)9(6)10(12)13/h4,10H,1-2H2,(H,16,17). The van der Waals surface area contributed by atoms with Gasteiger partial charge in [0.2, 0.25) is 0 Å². The number of hydrogen-bond donors (Lipinski definition) is 1. The number of carboxylic acid groups (broad SMARTS) is 1. The van der Waals surface area contributed by atoms with Gasteiger partial charge in [0, 0.05) is 17.1 Å². The number of hydrogen-bond acceptors (Lipinski definition) is 3. The van der Waals surface area contributed by atoms with Gasteiger partial charge in [-0.25, -0.2) is 8.78 Å². The van der Waals surface area contributed by atoms with Crippen LogP contribution < -0.4 is 0 Å². The van der Waals surface area contributed by atoms with Crippen LogP contribution in [0.4, 0.5) is 8.78 Å². The third-order valence-corrected chi connectivity index (χ3v) is 2.66. The van der Waals surface area contributed by atoms with E-state index < -0.39 is 24.4 Å². The van der Waals surface area contributed by atoms with Gasteiger partial charge in [0.15, 0.2) is 0 Å². The Morgan fingerprint density at radius 3 is 2.71 bits per heavy atom. The second-order valence-corrected chi connectivity index (χ2v) is 3.69. The third kappa shape index (κ3) is 2.97. The van der Waals surface area contributed by atoms with Gasteiger partial charge < -0.3 is 5.11 Å². The van der Waals surface area contributed by atoms with Crippen LogP contribution in [0.1, 0.15) is 28.8 Å². The van der Waals surface area contributed by atoms with Crippen molar-refractivity contribution in [3.05, 3.63) is 28.6 Å². The summed E-state index contributed by atoms with van der Waals surface area (Å²) < 4.78 is 25.7. The third-order valence-electron chi connectivity index (χ3n) is 2.10. The van der Waals surface area contributed by atoms with Crippen LogP contribution in [0, 0.1) is 11.3 Å². The van der Waals surface area contributed by atoms with Crippen molar-refractivity contribution < 1.29 is 18.7 Å². The molecule has 0 radical (unpaired) electrons. The van der Waals surface area contributed by atoms with Gasteiger partial charge in [-0.05, 0) is 5.56 Å². The summed E-state index contributed by atoms with van der Waals surface area (Å²) in [4.78, 5) is 14.3. The molecule has 0 fully saturated rings. The molecule has 0 aliphatic heterocycles. The fourth-order valence-corrected chi connectivity index (χ4v) is 2.02. The van der Waals surface area contributed by atoms with E-state index >= 15 is 0 Å². The molecular formula is C10H7BrF2N2O2. The molecule has 1 aromatic rings. The Morgan fingerprint density at radius 1 is 1.65 bits per heavy atom. The number of pyridine rings is 1. The van der Waals surface area contributed by atoms with Crippen molar-refractivity contribution in [3.63, 3.8) is 0 Å². The van der Waals surface area contributed by atoms with E-state index in [1.807, 2.05) is 0 Å². The summed E-state index contributed by atoms with van der Waals surface area (Å²) in [7, 11) is 0. The lowest BCUT2D eigenvalue weighted by Crippen LogP contribution is -2.09. The topological polar surface area (TPSA) is 74.0 Å². The second-order valence-electron chi connectivity index (χ2n) is 3.13. The molecule has 7 heteroatoms. The van der Waals surface area contributed by atoms with Gasteiger partial charge in [-0.2, -0.15) is 5.26 Å². The normalized spacial score (nSPS) is 10.3. The fraction of sp³-hybridized carbons (Fsp3) is 0.300. The number of aromatic nitrogens is 1. The Bertz CT molecular complexity index is 486. The van der Waals surface area contributed by atoms with Crippen LogP contribution in [-0.4, -0.2) is 16.1 Å². The average Bonchev–Trinajstić information content (AvgIpc) is 2.27. The molecule has 0 amide bonds. The van der Waals surface area contributed by atoms with Crippen LogP contribution in [-0.2, 0) is 16.5 Å². The van der Waals surface area contributed by atoms with Crippen molar-refractivity contribution in [1.29, 1.82) is 5.26 Å². The predicted octanol–water partition coefficient (Wildman–Crippen LogP) is 2.41. The number of halogens is 3. The summed E-state index contributed by atoms with van der Waals surface area (Å²) >= 11 is 3.01. The molecule has 1 aromatic heterocycles. The highest BCUT2D eigenvalue weighted by Crippen LogP contribution is 2.29. The Labute approximate surface area is 104 Å². The number of rotatable bonds is 4. The van der Waals surface area contributed by atoms with Crippen molar-refractivity contribution in [2.45, 2.75) is 18.2 Å². The maximum absolute atomic E-state index is 12.8. The molecule has 0 unspecified atom stereocenters. The molecule has 0 aliphatic rings. The van der Waals surface area contributed by atoms with Crippen LogP contribution in [0.5, 0.6) is 0 Å². The van der Waals surface area contributed by atoms with E-state index in [4.69, 9.17) is 10.4 Å². The lowest BCUT2D eigenvalue weighted by atomic mass is 10.0. The zero-order valence-corrected chi connectivity index (χ0v) is 10.0. The second kappa shape index (κ2) is 5.68. The molecule has 1 N–H and O–H groups in total. The smallest absolute Gasteiger partial charge is 0.309 e. The Morgan fingerprint density at radius 2 is 2.29 bits per heavy atom. The highest BCUT2D eigenvalue weighted by Gasteiger charge is 2.22. The summed E-state index contributed by atoms with van der Waals surface area (Å²) in [6.07, 6.45) is -2.31. The largest absolute Gasteiger partial charge is 0.481 e. The molecular weight excluding hydrogens is 298 g/mol. The fourth-order valence-electron chi connectivity index (χ4n) is 1.39. The minimum atomic E-state index is -2.84. The summed E-state index contributed by atoms with van der Waals surface area (Å²) in [6, 6.07) is 1.62. The van der Waals surface area contributed by atoms with Gasteiger partial charge in [-0.1, -0.05) is 15.9 Å². The molecule has 17 heavy (non-hydrogen) atoms. The molecule has 0 atom stereocenters. The maximum Gasteiger partial charge on any atom is 0.309 e. The van der Waals surface area contributed by atoms with Gasteiger partial charge in [0.05, 0.1) is 17.7 Å². The highest BCUT2D eigenvalue weighted by molar-refractivity contribution is 9.08. The molecule has 0 saturated heterocycles. The Hall–Kier alpha value is -1.55. The SMILES string of the molecule is N#Cc1cnc(CC(=O)O)c(CBr)c1C(F)F. The van der Waals surface area contributed by atoms with E-state index in [9.17, 15) is 13.6 Å². The number of alkyl halides is 3. The summed E-state index contributed by atoms with van der Waals surface area (Å²) in [5, 5.41) is 17.4. The molecule has 0 bridgehead atoms. The Kier molecular flexibility index (Phi) is 4.52. The highest BCUT2D eigenvalue weighted by atomic mass is 79.9. The first-order valence-corrected chi connectivity index (χ1v) is 5.60. The first-order valence-electron chi connectivity index (χ1n) is 4.47. The summed E-state index contributed by atoms with van der Waals surface area (Å²) in [5.41, 5.74) is -0.565. The van der Waals surface area contributed by atoms with Crippen molar-refractivity contribution in [2.75, 3.05) is 0 Å². The zero-order chi connectivity index (χ0) is 13.0. The van der Waals surface area contributed by atoms with E-state index in [0.29, 0.717) is 0 Å². The molecule has 1 heterocycles. The van der Waals surface area contributed by atoms with Crippen LogP contribution >= 0.6 is 15.9 Å². The molecule has 0 aromatic carbocycles.